The summed E-state index contributed by atoms with van der Waals surface area (Å²) in [5.74, 6) is -0.571. The predicted octanol–water partition coefficient (Wildman–Crippen LogP) is 3.50. The molecule has 0 saturated carbocycles. The van der Waals surface area contributed by atoms with Gasteiger partial charge in [0.1, 0.15) is 22.8 Å². The number of carbonyl (C=O) groups is 1. The molecule has 0 radical (unpaired) electrons. The highest BCUT2D eigenvalue weighted by atomic mass is 16.5. The fraction of sp³-hybridized carbons (Fsp3) is 0.0556. The van der Waals surface area contributed by atoms with Crippen molar-refractivity contribution in [2.45, 2.75) is 6.92 Å². The van der Waals surface area contributed by atoms with Gasteiger partial charge in [0.25, 0.3) is 0 Å². The second kappa shape index (κ2) is 4.64. The molecule has 1 aromatic heterocycles. The van der Waals surface area contributed by atoms with Crippen LogP contribution in [0, 0.1) is 6.92 Å². The van der Waals surface area contributed by atoms with Crippen LogP contribution in [0.1, 0.15) is 21.5 Å². The van der Waals surface area contributed by atoms with Gasteiger partial charge in [0, 0.05) is 34.8 Å². The summed E-state index contributed by atoms with van der Waals surface area (Å²) in [7, 11) is 0. The molecule has 23 heavy (non-hydrogen) atoms. The number of carbonyl (C=O) groups excluding carboxylic acids is 1. The molecule has 1 aliphatic rings. The summed E-state index contributed by atoms with van der Waals surface area (Å²) in [6.07, 6.45) is 3.44. The number of hydrogen-bond donors (Lipinski definition) is 3. The zero-order valence-electron chi connectivity index (χ0n) is 12.3. The number of nitrogens with one attached hydrogen (secondary N) is 1. The first kappa shape index (κ1) is 13.5. The molecule has 114 valence electrons. The van der Waals surface area contributed by atoms with Crippen LogP contribution in [0.5, 0.6) is 17.2 Å². The van der Waals surface area contributed by atoms with Crippen molar-refractivity contribution in [3.63, 3.8) is 0 Å². The number of ketones is 1. The molecule has 0 amide bonds. The molecule has 4 rings (SSSR count). The maximum absolute atomic E-state index is 12.4. The maximum atomic E-state index is 12.4. The van der Waals surface area contributed by atoms with Crippen LogP contribution in [0.4, 0.5) is 0 Å². The number of phenols is 2. The Kier molecular flexibility index (Phi) is 2.72. The van der Waals surface area contributed by atoms with E-state index in [-0.39, 0.29) is 28.6 Å². The second-order valence-corrected chi connectivity index (χ2v) is 5.57. The molecule has 0 bridgehead atoms. The van der Waals surface area contributed by atoms with Crippen LogP contribution in [0.25, 0.3) is 17.0 Å². The molecule has 1 aliphatic heterocycles. The van der Waals surface area contributed by atoms with E-state index in [2.05, 4.69) is 4.98 Å². The number of rotatable bonds is 1. The third kappa shape index (κ3) is 2.05. The summed E-state index contributed by atoms with van der Waals surface area (Å²) in [5.41, 5.74) is 2.97. The van der Waals surface area contributed by atoms with Gasteiger partial charge in [-0.25, -0.2) is 0 Å². The van der Waals surface area contributed by atoms with E-state index in [0.717, 1.165) is 28.1 Å². The van der Waals surface area contributed by atoms with Gasteiger partial charge in [-0.3, -0.25) is 4.79 Å². The van der Waals surface area contributed by atoms with Gasteiger partial charge in [-0.1, -0.05) is 11.6 Å². The standard InChI is InChI=1S/C18H13NO4/c1-9-2-3-13-12(4-9)10(8-19-13)5-16-18(22)17-14(21)6-11(20)7-15(17)23-16/h2-8,19-21H,1H3/b16-5-. The Morgan fingerprint density at radius 1 is 1.17 bits per heavy atom. The van der Waals surface area contributed by atoms with E-state index in [4.69, 9.17) is 4.74 Å². The van der Waals surface area contributed by atoms with Gasteiger partial charge < -0.3 is 19.9 Å². The molecular formula is C18H13NO4. The van der Waals surface area contributed by atoms with E-state index in [0.29, 0.717) is 0 Å². The number of Topliss-reactive ketones (excluding diaryl/α,β-unsaturated/α-hetero) is 1. The van der Waals surface area contributed by atoms with Crippen molar-refractivity contribution in [1.29, 1.82) is 0 Å². The summed E-state index contributed by atoms with van der Waals surface area (Å²) in [6, 6.07) is 8.44. The maximum Gasteiger partial charge on any atom is 0.235 e. The smallest absolute Gasteiger partial charge is 0.235 e. The van der Waals surface area contributed by atoms with E-state index in [1.165, 1.54) is 6.07 Å². The number of H-pyrrole nitrogens is 1. The molecule has 2 aromatic carbocycles. The van der Waals surface area contributed by atoms with Gasteiger partial charge in [0.15, 0.2) is 5.76 Å². The minimum atomic E-state index is -0.403. The Hall–Kier alpha value is -3.21. The van der Waals surface area contributed by atoms with Crippen molar-refractivity contribution in [2.75, 3.05) is 0 Å². The molecule has 5 nitrogen and oxygen atoms in total. The number of aromatic nitrogens is 1. The highest BCUT2D eigenvalue weighted by Crippen LogP contribution is 2.40. The molecule has 3 aromatic rings. The van der Waals surface area contributed by atoms with E-state index in [1.807, 2.05) is 25.1 Å². The number of aromatic hydroxyl groups is 2. The third-order valence-electron chi connectivity index (χ3n) is 3.89. The van der Waals surface area contributed by atoms with Crippen LogP contribution in [0.3, 0.4) is 0 Å². The highest BCUT2D eigenvalue weighted by Gasteiger charge is 2.31. The van der Waals surface area contributed by atoms with Crippen LogP contribution in [-0.4, -0.2) is 21.0 Å². The normalized spacial score (nSPS) is 15.2. The topological polar surface area (TPSA) is 82.6 Å². The molecule has 0 saturated heterocycles. The zero-order valence-corrected chi connectivity index (χ0v) is 12.3. The van der Waals surface area contributed by atoms with Crippen LogP contribution < -0.4 is 4.74 Å². The van der Waals surface area contributed by atoms with Crippen LogP contribution >= 0.6 is 0 Å². The minimum Gasteiger partial charge on any atom is -0.508 e. The van der Waals surface area contributed by atoms with Gasteiger partial charge >= 0.3 is 0 Å². The Morgan fingerprint density at radius 2 is 2.00 bits per heavy atom. The Balaban J connectivity index is 1.82. The number of allylic oxidation sites excluding steroid dienone is 1. The average molecular weight is 307 g/mol. The van der Waals surface area contributed by atoms with Gasteiger partial charge in [0.05, 0.1) is 0 Å². The quantitative estimate of drug-likeness (QED) is 0.601. The monoisotopic (exact) mass is 307 g/mol. The molecule has 0 unspecified atom stereocenters. The Morgan fingerprint density at radius 3 is 2.83 bits per heavy atom. The summed E-state index contributed by atoms with van der Waals surface area (Å²) < 4.78 is 5.51. The first-order chi connectivity index (χ1) is 11.0. The van der Waals surface area contributed by atoms with E-state index < -0.39 is 5.78 Å². The van der Waals surface area contributed by atoms with Crippen LogP contribution in [0.2, 0.25) is 0 Å². The molecule has 0 spiro atoms. The molecule has 5 heteroatoms. The number of aromatic amines is 1. The molecular weight excluding hydrogens is 294 g/mol. The lowest BCUT2D eigenvalue weighted by Crippen LogP contribution is -1.98. The number of phenolic OH excluding ortho intramolecular Hbond substituents is 2. The lowest BCUT2D eigenvalue weighted by Gasteiger charge is -2.00. The molecule has 0 aliphatic carbocycles. The van der Waals surface area contributed by atoms with E-state index in [1.54, 1.807) is 12.3 Å². The molecule has 3 N–H and O–H groups in total. The van der Waals surface area contributed by atoms with Crippen LogP contribution in [0.15, 0.2) is 42.3 Å². The van der Waals surface area contributed by atoms with E-state index in [9.17, 15) is 15.0 Å². The summed E-state index contributed by atoms with van der Waals surface area (Å²) in [6.45, 7) is 2.00. The largest absolute Gasteiger partial charge is 0.508 e. The van der Waals surface area contributed by atoms with Crippen molar-refractivity contribution in [1.82, 2.24) is 4.98 Å². The van der Waals surface area contributed by atoms with Crippen molar-refractivity contribution in [2.24, 2.45) is 0 Å². The van der Waals surface area contributed by atoms with Crippen LogP contribution in [-0.2, 0) is 0 Å². The SMILES string of the molecule is Cc1ccc2[nH]cc(/C=C3\Oc4cc(O)cc(O)c4C3=O)c2c1. The van der Waals surface area contributed by atoms with Crippen molar-refractivity contribution in [3.05, 3.63) is 59.0 Å². The molecule has 0 atom stereocenters. The summed E-state index contributed by atoms with van der Waals surface area (Å²) in [5, 5.41) is 20.3. The second-order valence-electron chi connectivity index (χ2n) is 5.57. The number of aryl methyl sites for hydroxylation is 1. The lowest BCUT2D eigenvalue weighted by molar-refractivity contribution is 0.101. The van der Waals surface area contributed by atoms with E-state index >= 15 is 0 Å². The number of hydrogen-bond acceptors (Lipinski definition) is 4. The Labute approximate surface area is 131 Å². The fourth-order valence-electron chi connectivity index (χ4n) is 2.80. The van der Waals surface area contributed by atoms with Gasteiger partial charge in [-0.05, 0) is 25.1 Å². The molecule has 0 fully saturated rings. The average Bonchev–Trinajstić information content (AvgIpc) is 3.01. The predicted molar refractivity (Wildman–Crippen MR) is 85.7 cm³/mol. The number of ether oxygens (including phenoxy) is 1. The zero-order chi connectivity index (χ0) is 16.1. The van der Waals surface area contributed by atoms with Crippen molar-refractivity contribution >= 4 is 22.8 Å². The summed E-state index contributed by atoms with van der Waals surface area (Å²) >= 11 is 0. The molecule has 2 heterocycles. The highest BCUT2D eigenvalue weighted by molar-refractivity contribution is 6.16. The number of fused-ring (bicyclic) bond motifs is 2. The van der Waals surface area contributed by atoms with Gasteiger partial charge in [-0.15, -0.1) is 0 Å². The van der Waals surface area contributed by atoms with Gasteiger partial charge in [0.2, 0.25) is 5.78 Å². The minimum absolute atomic E-state index is 0.0741. The number of benzene rings is 2. The third-order valence-corrected chi connectivity index (χ3v) is 3.89. The fourth-order valence-corrected chi connectivity index (χ4v) is 2.80. The summed E-state index contributed by atoms with van der Waals surface area (Å²) in [4.78, 5) is 15.6. The van der Waals surface area contributed by atoms with Crippen molar-refractivity contribution in [3.8, 4) is 17.2 Å². The Bertz CT molecular complexity index is 998. The van der Waals surface area contributed by atoms with Crippen molar-refractivity contribution < 1.29 is 19.7 Å². The van der Waals surface area contributed by atoms with Gasteiger partial charge in [-0.2, -0.15) is 0 Å². The lowest BCUT2D eigenvalue weighted by atomic mass is 10.1. The first-order valence-electron chi connectivity index (χ1n) is 7.11. The first-order valence-corrected chi connectivity index (χ1v) is 7.11.